The monoisotopic (exact) mass is 530 g/mol. The summed E-state index contributed by atoms with van der Waals surface area (Å²) >= 11 is 0. The van der Waals surface area contributed by atoms with Crippen LogP contribution in [0.1, 0.15) is 5.56 Å². The van der Waals surface area contributed by atoms with E-state index in [1.54, 1.807) is 0 Å². The third kappa shape index (κ3) is 4.74. The maximum atomic E-state index is 6.18. The first-order valence-electron chi connectivity index (χ1n) is 13.5. The van der Waals surface area contributed by atoms with Crippen LogP contribution in [0.2, 0.25) is 0 Å². The molecule has 7 rings (SSSR count). The zero-order chi connectivity index (χ0) is 27.6. The molecule has 0 unspecified atom stereocenters. The molecule has 1 aromatic heterocycles. The minimum atomic E-state index is 0.623. The van der Waals surface area contributed by atoms with Crippen molar-refractivity contribution in [2.24, 2.45) is 0 Å². The van der Waals surface area contributed by atoms with Crippen LogP contribution in [0.5, 0.6) is 11.5 Å². The zero-order valence-electron chi connectivity index (χ0n) is 22.3. The fourth-order valence-electron chi connectivity index (χ4n) is 5.05. The predicted molar refractivity (Wildman–Crippen MR) is 165 cm³/mol. The third-order valence-electron chi connectivity index (χ3n) is 7.08. The van der Waals surface area contributed by atoms with E-state index in [-0.39, 0.29) is 0 Å². The van der Waals surface area contributed by atoms with Crippen LogP contribution in [0.15, 0.2) is 140 Å². The van der Waals surface area contributed by atoms with Crippen LogP contribution in [0, 0.1) is 0 Å². The average molecular weight is 531 g/mol. The van der Waals surface area contributed by atoms with Gasteiger partial charge in [-0.3, -0.25) is 0 Å². The van der Waals surface area contributed by atoms with Crippen molar-refractivity contribution in [1.29, 1.82) is 0 Å². The number of allylic oxidation sites excluding steroid dienone is 1. The highest BCUT2D eigenvalue weighted by atomic mass is 16.5. The van der Waals surface area contributed by atoms with Crippen LogP contribution in [-0.4, -0.2) is 15.0 Å². The number of para-hydroxylation sites is 4. The Kier molecular flexibility index (Phi) is 6.30. The highest BCUT2D eigenvalue weighted by Crippen LogP contribution is 2.50. The maximum absolute atomic E-state index is 6.18. The third-order valence-corrected chi connectivity index (χ3v) is 7.08. The Morgan fingerprint density at radius 1 is 0.537 bits per heavy atom. The van der Waals surface area contributed by atoms with Gasteiger partial charge in [-0.1, -0.05) is 84.9 Å². The zero-order valence-corrected chi connectivity index (χ0v) is 22.3. The summed E-state index contributed by atoms with van der Waals surface area (Å²) < 4.78 is 6.18. The van der Waals surface area contributed by atoms with Crippen LogP contribution in [0.4, 0.5) is 17.1 Å². The van der Waals surface area contributed by atoms with Crippen LogP contribution >= 0.6 is 0 Å². The molecule has 0 bridgehead atoms. The van der Waals surface area contributed by atoms with Gasteiger partial charge in [0.25, 0.3) is 0 Å². The van der Waals surface area contributed by atoms with Gasteiger partial charge in [-0.2, -0.15) is 0 Å². The van der Waals surface area contributed by atoms with E-state index in [1.807, 2.05) is 72.8 Å². The highest BCUT2D eigenvalue weighted by molar-refractivity contribution is 5.86. The number of nitrogens with zero attached hydrogens (tertiary/aromatic N) is 4. The van der Waals surface area contributed by atoms with Crippen molar-refractivity contribution in [2.45, 2.75) is 6.42 Å². The SMILES string of the molecule is C=CCc1ccc(-c2nc(-c3ccccc3)nc(-c3ccc(N4c5ccccc5Oc5ccccc54)cc3)n2)cc1. The molecule has 0 atom stereocenters. The molecule has 0 N–H and O–H groups in total. The molecule has 0 radical (unpaired) electrons. The lowest BCUT2D eigenvalue weighted by molar-refractivity contribution is 0.477. The molecule has 0 spiro atoms. The first-order valence-corrected chi connectivity index (χ1v) is 13.5. The molecule has 1 aliphatic rings. The van der Waals surface area contributed by atoms with Crippen molar-refractivity contribution in [3.63, 3.8) is 0 Å². The predicted octanol–water partition coefficient (Wildman–Crippen LogP) is 9.18. The molecular weight excluding hydrogens is 504 g/mol. The number of benzene rings is 5. The van der Waals surface area contributed by atoms with Gasteiger partial charge < -0.3 is 9.64 Å². The molecule has 0 amide bonds. The summed E-state index contributed by atoms with van der Waals surface area (Å²) in [5.41, 5.74) is 7.00. The summed E-state index contributed by atoms with van der Waals surface area (Å²) in [7, 11) is 0. The van der Waals surface area contributed by atoms with Crippen LogP contribution in [0.3, 0.4) is 0 Å². The molecule has 6 aromatic rings. The molecule has 5 aromatic carbocycles. The molecule has 196 valence electrons. The Labute approximate surface area is 239 Å². The Balaban J connectivity index is 1.30. The summed E-state index contributed by atoms with van der Waals surface area (Å²) in [6, 6.07) is 42.8. The van der Waals surface area contributed by atoms with Crippen molar-refractivity contribution in [1.82, 2.24) is 15.0 Å². The minimum Gasteiger partial charge on any atom is -0.453 e. The number of fused-ring (bicyclic) bond motifs is 2. The van der Waals surface area contributed by atoms with Crippen LogP contribution in [0.25, 0.3) is 34.2 Å². The number of hydrogen-bond donors (Lipinski definition) is 0. The van der Waals surface area contributed by atoms with E-state index in [0.717, 1.165) is 51.7 Å². The second kappa shape index (κ2) is 10.5. The molecule has 0 fully saturated rings. The van der Waals surface area contributed by atoms with Gasteiger partial charge in [0.05, 0.1) is 11.4 Å². The van der Waals surface area contributed by atoms with Gasteiger partial charge in [0.2, 0.25) is 0 Å². The molecule has 0 saturated heterocycles. The van der Waals surface area contributed by atoms with E-state index in [2.05, 4.69) is 72.1 Å². The first kappa shape index (κ1) is 24.5. The number of ether oxygens (including phenoxy) is 1. The standard InChI is InChI=1S/C36H26N4O/c1-2-10-25-17-19-27(20-18-25)35-37-34(26-11-4-3-5-12-26)38-36(39-35)28-21-23-29(24-22-28)40-30-13-6-8-15-32(30)41-33-16-9-7-14-31(33)40/h2-9,11-24H,1,10H2. The van der Waals surface area contributed by atoms with Crippen molar-refractivity contribution < 1.29 is 4.74 Å². The second-order valence-corrected chi connectivity index (χ2v) is 9.78. The van der Waals surface area contributed by atoms with Gasteiger partial charge in [-0.15, -0.1) is 6.58 Å². The lowest BCUT2D eigenvalue weighted by atomic mass is 10.1. The van der Waals surface area contributed by atoms with Gasteiger partial charge >= 0.3 is 0 Å². The largest absolute Gasteiger partial charge is 0.453 e. The smallest absolute Gasteiger partial charge is 0.164 e. The molecular formula is C36H26N4O. The van der Waals surface area contributed by atoms with Gasteiger partial charge in [0, 0.05) is 22.4 Å². The van der Waals surface area contributed by atoms with Crippen LogP contribution < -0.4 is 9.64 Å². The number of rotatable bonds is 6. The van der Waals surface area contributed by atoms with Gasteiger partial charge in [-0.05, 0) is 60.5 Å². The molecule has 1 aliphatic heterocycles. The lowest BCUT2D eigenvalue weighted by Crippen LogP contribution is -2.15. The fraction of sp³-hybridized carbons (Fsp3) is 0.0278. The Hall–Kier alpha value is -5.55. The fourth-order valence-corrected chi connectivity index (χ4v) is 5.05. The normalized spacial score (nSPS) is 11.8. The average Bonchev–Trinajstić information content (AvgIpc) is 3.04. The summed E-state index contributed by atoms with van der Waals surface area (Å²) in [6.07, 6.45) is 2.73. The van der Waals surface area contributed by atoms with Gasteiger partial charge in [0.15, 0.2) is 29.0 Å². The molecule has 2 heterocycles. The summed E-state index contributed by atoms with van der Waals surface area (Å²) in [4.78, 5) is 16.9. The molecule has 5 heteroatoms. The van der Waals surface area contributed by atoms with E-state index in [0.29, 0.717) is 17.5 Å². The molecule has 5 nitrogen and oxygen atoms in total. The van der Waals surface area contributed by atoms with E-state index in [1.165, 1.54) is 5.56 Å². The Morgan fingerprint density at radius 2 is 1.00 bits per heavy atom. The van der Waals surface area contributed by atoms with E-state index in [9.17, 15) is 0 Å². The van der Waals surface area contributed by atoms with E-state index >= 15 is 0 Å². The van der Waals surface area contributed by atoms with Crippen molar-refractivity contribution in [3.05, 3.63) is 146 Å². The maximum Gasteiger partial charge on any atom is 0.164 e. The summed E-state index contributed by atoms with van der Waals surface area (Å²) in [5, 5.41) is 0. The number of hydrogen-bond acceptors (Lipinski definition) is 5. The molecule has 0 aliphatic carbocycles. The molecule has 0 saturated carbocycles. The van der Waals surface area contributed by atoms with Crippen molar-refractivity contribution >= 4 is 17.1 Å². The van der Waals surface area contributed by atoms with Crippen molar-refractivity contribution in [2.75, 3.05) is 4.90 Å². The van der Waals surface area contributed by atoms with Crippen molar-refractivity contribution in [3.8, 4) is 45.7 Å². The lowest BCUT2D eigenvalue weighted by Gasteiger charge is -2.32. The van der Waals surface area contributed by atoms with Gasteiger partial charge in [0.1, 0.15) is 0 Å². The van der Waals surface area contributed by atoms with E-state index in [4.69, 9.17) is 19.7 Å². The van der Waals surface area contributed by atoms with Gasteiger partial charge in [-0.25, -0.2) is 15.0 Å². The van der Waals surface area contributed by atoms with E-state index < -0.39 is 0 Å². The minimum absolute atomic E-state index is 0.623. The molecule has 41 heavy (non-hydrogen) atoms. The number of anilines is 3. The number of aromatic nitrogens is 3. The Morgan fingerprint density at radius 3 is 1.54 bits per heavy atom. The second-order valence-electron chi connectivity index (χ2n) is 9.78. The first-order chi connectivity index (χ1) is 20.3. The van der Waals surface area contributed by atoms with Crippen LogP contribution in [-0.2, 0) is 6.42 Å². The summed E-state index contributed by atoms with van der Waals surface area (Å²) in [5.74, 6) is 3.55. The highest BCUT2D eigenvalue weighted by Gasteiger charge is 2.25. The topological polar surface area (TPSA) is 51.1 Å². The quantitative estimate of drug-likeness (QED) is 0.201. The summed E-state index contributed by atoms with van der Waals surface area (Å²) in [6.45, 7) is 3.84. The Bertz CT molecular complexity index is 1800.